The predicted molar refractivity (Wildman–Crippen MR) is 74.2 cm³/mol. The molecule has 21 heavy (non-hydrogen) atoms. The van der Waals surface area contributed by atoms with Gasteiger partial charge in [-0.2, -0.15) is 4.98 Å². The van der Waals surface area contributed by atoms with E-state index in [9.17, 15) is 4.79 Å². The van der Waals surface area contributed by atoms with Crippen LogP contribution in [-0.4, -0.2) is 32.7 Å². The molecule has 2 aromatic heterocycles. The van der Waals surface area contributed by atoms with Gasteiger partial charge < -0.3 is 9.26 Å². The molecular weight excluding hydrogens is 272 g/mol. The van der Waals surface area contributed by atoms with Crippen molar-refractivity contribution in [1.82, 2.24) is 20.1 Å². The Kier molecular flexibility index (Phi) is 4.62. The lowest BCUT2D eigenvalue weighted by molar-refractivity contribution is -0.151. The van der Waals surface area contributed by atoms with Gasteiger partial charge in [-0.1, -0.05) is 19.0 Å². The molecule has 0 radical (unpaired) electrons. The highest BCUT2D eigenvalue weighted by atomic mass is 16.5. The molecule has 0 spiro atoms. The van der Waals surface area contributed by atoms with E-state index in [2.05, 4.69) is 20.1 Å². The molecule has 0 saturated heterocycles. The van der Waals surface area contributed by atoms with Gasteiger partial charge in [0.25, 0.3) is 0 Å². The summed E-state index contributed by atoms with van der Waals surface area (Å²) < 4.78 is 10.5. The number of esters is 1. The van der Waals surface area contributed by atoms with Crippen molar-refractivity contribution in [2.75, 3.05) is 6.61 Å². The highest BCUT2D eigenvalue weighted by molar-refractivity contribution is 5.81. The second-order valence-electron chi connectivity index (χ2n) is 4.52. The Hall–Kier alpha value is -2.31. The van der Waals surface area contributed by atoms with Crippen molar-refractivity contribution >= 4 is 5.97 Å². The zero-order valence-corrected chi connectivity index (χ0v) is 12.4. The van der Waals surface area contributed by atoms with Crippen LogP contribution in [0.25, 0.3) is 11.5 Å². The van der Waals surface area contributed by atoms with Gasteiger partial charge in [0.1, 0.15) is 11.1 Å². The normalized spacial score (nSPS) is 11.4. The van der Waals surface area contributed by atoms with E-state index in [1.54, 1.807) is 25.5 Å². The quantitative estimate of drug-likeness (QED) is 0.753. The topological polar surface area (TPSA) is 91.0 Å². The number of rotatable bonds is 6. The molecule has 0 unspecified atom stereocenters. The summed E-state index contributed by atoms with van der Waals surface area (Å²) in [5, 5.41) is 3.89. The average molecular weight is 290 g/mol. The van der Waals surface area contributed by atoms with Crippen LogP contribution < -0.4 is 0 Å². The molecule has 0 N–H and O–H groups in total. The molecule has 0 saturated carbocycles. The zero-order valence-electron chi connectivity index (χ0n) is 12.4. The maximum absolute atomic E-state index is 12.3. The molecule has 0 aromatic carbocycles. The van der Waals surface area contributed by atoms with Crippen molar-refractivity contribution < 1.29 is 14.1 Å². The third kappa shape index (κ3) is 2.76. The van der Waals surface area contributed by atoms with Crippen molar-refractivity contribution in [2.24, 2.45) is 0 Å². The summed E-state index contributed by atoms with van der Waals surface area (Å²) in [5.74, 6) is 0.227. The largest absolute Gasteiger partial charge is 0.465 e. The highest BCUT2D eigenvalue weighted by Crippen LogP contribution is 2.33. The molecule has 0 amide bonds. The fourth-order valence-electron chi connectivity index (χ4n) is 2.13. The minimum atomic E-state index is -0.913. The summed E-state index contributed by atoms with van der Waals surface area (Å²) in [4.78, 5) is 24.7. The molecule has 7 heteroatoms. The van der Waals surface area contributed by atoms with Crippen molar-refractivity contribution in [1.29, 1.82) is 0 Å². The number of carbonyl (C=O) groups is 1. The molecule has 2 rings (SSSR count). The molecular formula is C14H18N4O3. The molecule has 0 aliphatic rings. The van der Waals surface area contributed by atoms with Crippen molar-refractivity contribution in [3.05, 3.63) is 24.5 Å². The molecule has 0 aliphatic heterocycles. The van der Waals surface area contributed by atoms with Gasteiger partial charge >= 0.3 is 5.97 Å². The van der Waals surface area contributed by atoms with Crippen LogP contribution in [0.5, 0.6) is 0 Å². The smallest absolute Gasteiger partial charge is 0.321 e. The molecule has 2 heterocycles. The van der Waals surface area contributed by atoms with E-state index in [1.807, 2.05) is 13.8 Å². The number of hydrogen-bond acceptors (Lipinski definition) is 7. The first kappa shape index (κ1) is 15.1. The Morgan fingerprint density at radius 3 is 2.62 bits per heavy atom. The maximum atomic E-state index is 12.3. The number of nitrogens with zero attached hydrogens (tertiary/aromatic N) is 4. The van der Waals surface area contributed by atoms with E-state index in [4.69, 9.17) is 9.26 Å². The van der Waals surface area contributed by atoms with Crippen LogP contribution >= 0.6 is 0 Å². The van der Waals surface area contributed by atoms with Gasteiger partial charge in [-0.25, -0.2) is 4.98 Å². The maximum Gasteiger partial charge on any atom is 0.321 e. The first-order valence-corrected chi connectivity index (χ1v) is 6.95. The lowest BCUT2D eigenvalue weighted by atomic mass is 9.82. The molecule has 0 fully saturated rings. The van der Waals surface area contributed by atoms with Crippen LogP contribution in [0.4, 0.5) is 0 Å². The number of carbonyl (C=O) groups excluding carboxylic acids is 1. The van der Waals surface area contributed by atoms with Gasteiger partial charge in [-0.3, -0.25) is 9.78 Å². The van der Waals surface area contributed by atoms with Gasteiger partial charge in [0.2, 0.25) is 11.7 Å². The summed E-state index contributed by atoms with van der Waals surface area (Å²) in [6, 6.07) is 0. The van der Waals surface area contributed by atoms with Crippen LogP contribution in [0.2, 0.25) is 0 Å². The van der Waals surface area contributed by atoms with Gasteiger partial charge in [0.05, 0.1) is 12.8 Å². The Balaban J connectivity index is 2.39. The molecule has 112 valence electrons. The van der Waals surface area contributed by atoms with E-state index < -0.39 is 5.41 Å². The Morgan fingerprint density at radius 2 is 2.05 bits per heavy atom. The van der Waals surface area contributed by atoms with Crippen molar-refractivity contribution in [3.63, 3.8) is 0 Å². The molecule has 7 nitrogen and oxygen atoms in total. The predicted octanol–water partition coefficient (Wildman–Crippen LogP) is 2.15. The average Bonchev–Trinajstić information content (AvgIpc) is 3.01. The number of ether oxygens (including phenoxy) is 1. The minimum Gasteiger partial charge on any atom is -0.465 e. The third-order valence-electron chi connectivity index (χ3n) is 3.50. The molecule has 0 atom stereocenters. The Labute approximate surface area is 122 Å². The first-order valence-electron chi connectivity index (χ1n) is 6.95. The van der Waals surface area contributed by atoms with Gasteiger partial charge in [-0.15, -0.1) is 0 Å². The van der Waals surface area contributed by atoms with E-state index in [0.717, 1.165) is 0 Å². The minimum absolute atomic E-state index is 0.256. The molecule has 2 aromatic rings. The number of hydrogen-bond donors (Lipinski definition) is 0. The van der Waals surface area contributed by atoms with Gasteiger partial charge in [0.15, 0.2) is 0 Å². The van der Waals surface area contributed by atoms with Crippen LogP contribution in [0, 0.1) is 0 Å². The summed E-state index contributed by atoms with van der Waals surface area (Å²) in [6.45, 7) is 5.87. The summed E-state index contributed by atoms with van der Waals surface area (Å²) >= 11 is 0. The van der Waals surface area contributed by atoms with E-state index in [0.29, 0.717) is 31.0 Å². The standard InChI is InChI=1S/C14H18N4O3/c1-4-14(5-2,13(19)20-6-3)12-17-11(18-21-12)10-9-15-7-8-16-10/h7-9H,4-6H2,1-3H3. The first-order chi connectivity index (χ1) is 10.2. The number of aromatic nitrogens is 4. The monoisotopic (exact) mass is 290 g/mol. The second kappa shape index (κ2) is 6.43. The highest BCUT2D eigenvalue weighted by Gasteiger charge is 2.44. The summed E-state index contributed by atoms with van der Waals surface area (Å²) in [7, 11) is 0. The van der Waals surface area contributed by atoms with E-state index in [1.165, 1.54) is 0 Å². The SMILES string of the molecule is CCOC(=O)C(CC)(CC)c1nc(-c2cnccn2)no1. The Bertz CT molecular complexity index is 593. The van der Waals surface area contributed by atoms with Crippen molar-refractivity contribution in [3.8, 4) is 11.5 Å². The van der Waals surface area contributed by atoms with E-state index >= 15 is 0 Å². The summed E-state index contributed by atoms with van der Waals surface area (Å²) in [5.41, 5.74) is -0.416. The van der Waals surface area contributed by atoms with Gasteiger partial charge in [-0.05, 0) is 19.8 Å². The lowest BCUT2D eigenvalue weighted by Crippen LogP contribution is -2.36. The fraction of sp³-hybridized carbons (Fsp3) is 0.500. The van der Waals surface area contributed by atoms with Crippen LogP contribution in [0.1, 0.15) is 39.5 Å². The second-order valence-corrected chi connectivity index (χ2v) is 4.52. The molecule has 0 bridgehead atoms. The van der Waals surface area contributed by atoms with Crippen molar-refractivity contribution in [2.45, 2.75) is 39.0 Å². The van der Waals surface area contributed by atoms with Crippen LogP contribution in [-0.2, 0) is 14.9 Å². The lowest BCUT2D eigenvalue weighted by Gasteiger charge is -2.24. The fourth-order valence-corrected chi connectivity index (χ4v) is 2.13. The van der Waals surface area contributed by atoms with Crippen LogP contribution in [0.3, 0.4) is 0 Å². The van der Waals surface area contributed by atoms with Gasteiger partial charge in [0, 0.05) is 12.4 Å². The third-order valence-corrected chi connectivity index (χ3v) is 3.50. The summed E-state index contributed by atoms with van der Waals surface area (Å²) in [6.07, 6.45) is 5.68. The van der Waals surface area contributed by atoms with E-state index in [-0.39, 0.29) is 11.9 Å². The molecule has 0 aliphatic carbocycles. The van der Waals surface area contributed by atoms with Crippen LogP contribution in [0.15, 0.2) is 23.1 Å². The zero-order chi connectivity index (χ0) is 15.3. The Morgan fingerprint density at radius 1 is 1.29 bits per heavy atom.